The molecule has 0 aliphatic carbocycles. The Morgan fingerprint density at radius 2 is 2.25 bits per heavy atom. The summed E-state index contributed by atoms with van der Waals surface area (Å²) in [4.78, 5) is 0. The lowest BCUT2D eigenvalue weighted by Crippen LogP contribution is -2.35. The van der Waals surface area contributed by atoms with Gasteiger partial charge in [0.2, 0.25) is 0 Å². The molecule has 0 saturated carbocycles. The third kappa shape index (κ3) is 2.83. The van der Waals surface area contributed by atoms with Crippen molar-refractivity contribution in [3.63, 3.8) is 0 Å². The Balaban J connectivity index is 1.87. The molecule has 0 aromatic heterocycles. The summed E-state index contributed by atoms with van der Waals surface area (Å²) in [5, 5.41) is 7.13. The van der Waals surface area contributed by atoms with Crippen molar-refractivity contribution >= 4 is 0 Å². The average Bonchev–Trinajstić information content (AvgIpc) is 2.79. The minimum Gasteiger partial charge on any atom is -0.313 e. The zero-order valence-corrected chi connectivity index (χ0v) is 10.3. The van der Waals surface area contributed by atoms with E-state index >= 15 is 0 Å². The fourth-order valence-corrected chi connectivity index (χ4v) is 2.43. The van der Waals surface area contributed by atoms with Crippen molar-refractivity contribution in [3.8, 4) is 0 Å². The highest BCUT2D eigenvalue weighted by atomic mass is 15.0. The van der Waals surface area contributed by atoms with Gasteiger partial charge in [-0.3, -0.25) is 0 Å². The lowest BCUT2D eigenvalue weighted by atomic mass is 10.0. The van der Waals surface area contributed by atoms with E-state index in [9.17, 15) is 0 Å². The Hall–Kier alpha value is -0.860. The lowest BCUT2D eigenvalue weighted by Gasteiger charge is -2.19. The number of rotatable bonds is 4. The van der Waals surface area contributed by atoms with E-state index in [1.807, 2.05) is 0 Å². The zero-order chi connectivity index (χ0) is 11.4. The predicted octanol–water partition coefficient (Wildman–Crippen LogP) is 2.40. The van der Waals surface area contributed by atoms with Gasteiger partial charge in [-0.25, -0.2) is 0 Å². The highest BCUT2D eigenvalue weighted by molar-refractivity contribution is 5.28. The molecule has 16 heavy (non-hydrogen) atoms. The van der Waals surface area contributed by atoms with Crippen LogP contribution in [0.1, 0.15) is 36.9 Å². The molecule has 0 radical (unpaired) electrons. The van der Waals surface area contributed by atoms with Crippen LogP contribution in [-0.4, -0.2) is 19.1 Å². The van der Waals surface area contributed by atoms with Crippen molar-refractivity contribution in [2.75, 3.05) is 13.1 Å². The van der Waals surface area contributed by atoms with E-state index in [-0.39, 0.29) is 0 Å². The Morgan fingerprint density at radius 1 is 1.44 bits per heavy atom. The van der Waals surface area contributed by atoms with E-state index in [4.69, 9.17) is 0 Å². The van der Waals surface area contributed by atoms with Crippen LogP contribution in [0.25, 0.3) is 0 Å². The van der Waals surface area contributed by atoms with Crippen LogP contribution in [0, 0.1) is 6.92 Å². The first-order valence-corrected chi connectivity index (χ1v) is 6.29. The Bertz CT molecular complexity index is 329. The summed E-state index contributed by atoms with van der Waals surface area (Å²) in [6, 6.07) is 9.74. The standard InChI is InChI=1S/C14H22N2/c1-11-6-3-4-8-14(11)12(2)16-10-13-7-5-9-15-13/h3-4,6,8,12-13,15-16H,5,7,9-10H2,1-2H3/t12-,13?/m0/s1. The molecule has 1 aromatic rings. The van der Waals surface area contributed by atoms with Crippen LogP contribution in [0.5, 0.6) is 0 Å². The molecule has 88 valence electrons. The number of hydrogen-bond donors (Lipinski definition) is 2. The van der Waals surface area contributed by atoms with Gasteiger partial charge in [-0.2, -0.15) is 0 Å². The third-order valence-corrected chi connectivity index (χ3v) is 3.49. The first-order valence-electron chi connectivity index (χ1n) is 6.29. The van der Waals surface area contributed by atoms with Crippen LogP contribution in [0.3, 0.4) is 0 Å². The molecule has 2 atom stereocenters. The topological polar surface area (TPSA) is 24.1 Å². The van der Waals surface area contributed by atoms with E-state index in [0.717, 1.165) is 6.54 Å². The molecule has 1 aromatic carbocycles. The third-order valence-electron chi connectivity index (χ3n) is 3.49. The Kier molecular flexibility index (Phi) is 3.97. The van der Waals surface area contributed by atoms with Crippen molar-refractivity contribution in [1.82, 2.24) is 10.6 Å². The normalized spacial score (nSPS) is 22.2. The monoisotopic (exact) mass is 218 g/mol. The van der Waals surface area contributed by atoms with Crippen LogP contribution in [-0.2, 0) is 0 Å². The van der Waals surface area contributed by atoms with Crippen molar-refractivity contribution < 1.29 is 0 Å². The molecule has 1 unspecified atom stereocenters. The summed E-state index contributed by atoms with van der Waals surface area (Å²) in [6.07, 6.45) is 2.64. The van der Waals surface area contributed by atoms with Gasteiger partial charge in [0.15, 0.2) is 0 Å². The summed E-state index contributed by atoms with van der Waals surface area (Å²) in [5.41, 5.74) is 2.79. The molecule has 0 spiro atoms. The van der Waals surface area contributed by atoms with Gasteiger partial charge >= 0.3 is 0 Å². The highest BCUT2D eigenvalue weighted by Crippen LogP contribution is 2.16. The molecule has 2 N–H and O–H groups in total. The highest BCUT2D eigenvalue weighted by Gasteiger charge is 2.15. The first-order chi connectivity index (χ1) is 7.77. The van der Waals surface area contributed by atoms with Gasteiger partial charge in [-0.05, 0) is 44.4 Å². The minimum atomic E-state index is 0.448. The minimum absolute atomic E-state index is 0.448. The number of benzene rings is 1. The van der Waals surface area contributed by atoms with Gasteiger partial charge < -0.3 is 10.6 Å². The maximum absolute atomic E-state index is 3.62. The molecule has 1 aliphatic rings. The summed E-state index contributed by atoms with van der Waals surface area (Å²) < 4.78 is 0. The second-order valence-electron chi connectivity index (χ2n) is 4.78. The molecule has 2 rings (SSSR count). The lowest BCUT2D eigenvalue weighted by molar-refractivity contribution is 0.489. The van der Waals surface area contributed by atoms with Crippen molar-refractivity contribution in [3.05, 3.63) is 35.4 Å². The largest absolute Gasteiger partial charge is 0.313 e. The molecular formula is C14H22N2. The van der Waals surface area contributed by atoms with Crippen LogP contribution in [0.2, 0.25) is 0 Å². The second-order valence-corrected chi connectivity index (χ2v) is 4.78. The summed E-state index contributed by atoms with van der Waals surface area (Å²) in [6.45, 7) is 6.69. The fourth-order valence-electron chi connectivity index (χ4n) is 2.43. The predicted molar refractivity (Wildman–Crippen MR) is 68.6 cm³/mol. The van der Waals surface area contributed by atoms with E-state index in [2.05, 4.69) is 48.7 Å². The maximum atomic E-state index is 3.62. The number of aryl methyl sites for hydroxylation is 1. The maximum Gasteiger partial charge on any atom is 0.0295 e. The first kappa shape index (κ1) is 11.6. The molecule has 2 nitrogen and oxygen atoms in total. The van der Waals surface area contributed by atoms with Crippen LogP contribution >= 0.6 is 0 Å². The SMILES string of the molecule is Cc1ccccc1[C@H](C)NCC1CCCN1. The summed E-state index contributed by atoms with van der Waals surface area (Å²) in [7, 11) is 0. The van der Waals surface area contributed by atoms with Gasteiger partial charge in [0.25, 0.3) is 0 Å². The van der Waals surface area contributed by atoms with Gasteiger partial charge in [-0.15, -0.1) is 0 Å². The molecule has 0 bridgehead atoms. The van der Waals surface area contributed by atoms with Gasteiger partial charge in [0, 0.05) is 18.6 Å². The van der Waals surface area contributed by atoms with Gasteiger partial charge in [-0.1, -0.05) is 24.3 Å². The molecular weight excluding hydrogens is 196 g/mol. The summed E-state index contributed by atoms with van der Waals surface area (Å²) >= 11 is 0. The van der Waals surface area contributed by atoms with Gasteiger partial charge in [0.1, 0.15) is 0 Å². The van der Waals surface area contributed by atoms with Crippen LogP contribution < -0.4 is 10.6 Å². The Morgan fingerprint density at radius 3 is 2.94 bits per heavy atom. The molecule has 2 heteroatoms. The molecule has 1 heterocycles. The molecule has 1 saturated heterocycles. The van der Waals surface area contributed by atoms with E-state index in [1.54, 1.807) is 0 Å². The Labute approximate surface area is 98.4 Å². The summed E-state index contributed by atoms with van der Waals surface area (Å²) in [5.74, 6) is 0. The molecule has 1 aliphatic heterocycles. The fraction of sp³-hybridized carbons (Fsp3) is 0.571. The van der Waals surface area contributed by atoms with Crippen LogP contribution in [0.15, 0.2) is 24.3 Å². The molecule has 1 fully saturated rings. The number of nitrogens with one attached hydrogen (secondary N) is 2. The van der Waals surface area contributed by atoms with Crippen molar-refractivity contribution in [1.29, 1.82) is 0 Å². The van der Waals surface area contributed by atoms with E-state index in [0.29, 0.717) is 12.1 Å². The molecule has 0 amide bonds. The smallest absolute Gasteiger partial charge is 0.0295 e. The number of hydrogen-bond acceptors (Lipinski definition) is 2. The van der Waals surface area contributed by atoms with Crippen LogP contribution in [0.4, 0.5) is 0 Å². The van der Waals surface area contributed by atoms with Gasteiger partial charge in [0.05, 0.1) is 0 Å². The van der Waals surface area contributed by atoms with Crippen molar-refractivity contribution in [2.24, 2.45) is 0 Å². The van der Waals surface area contributed by atoms with Crippen molar-refractivity contribution in [2.45, 2.75) is 38.8 Å². The quantitative estimate of drug-likeness (QED) is 0.811. The average molecular weight is 218 g/mol. The van der Waals surface area contributed by atoms with E-state index in [1.165, 1.54) is 30.5 Å². The second kappa shape index (κ2) is 5.46. The van der Waals surface area contributed by atoms with E-state index < -0.39 is 0 Å². The zero-order valence-electron chi connectivity index (χ0n) is 10.3.